The van der Waals surface area contributed by atoms with Crippen LogP contribution in [0.4, 0.5) is 0 Å². The highest BCUT2D eigenvalue weighted by Crippen LogP contribution is 2.31. The van der Waals surface area contributed by atoms with Crippen molar-refractivity contribution in [3.63, 3.8) is 0 Å². The first-order chi connectivity index (χ1) is 8.11. The van der Waals surface area contributed by atoms with Gasteiger partial charge in [-0.2, -0.15) is 0 Å². The Morgan fingerprint density at radius 2 is 2.12 bits per heavy atom. The van der Waals surface area contributed by atoms with Crippen molar-refractivity contribution in [3.05, 3.63) is 0 Å². The van der Waals surface area contributed by atoms with E-state index in [-0.39, 0.29) is 0 Å². The molecule has 0 aliphatic carbocycles. The molecule has 0 aromatic rings. The molecule has 2 aliphatic rings. The summed E-state index contributed by atoms with van der Waals surface area (Å²) in [7, 11) is 0. The molecular formula is C14H28N2O. The van der Waals surface area contributed by atoms with Crippen molar-refractivity contribution in [2.45, 2.75) is 58.2 Å². The Morgan fingerprint density at radius 1 is 1.35 bits per heavy atom. The lowest BCUT2D eigenvalue weighted by atomic mass is 9.94. The van der Waals surface area contributed by atoms with E-state index >= 15 is 0 Å². The number of hydrogen-bond acceptors (Lipinski definition) is 3. The molecule has 0 aromatic carbocycles. The SMILES string of the molecule is CC(C)C1CC(N2CC(CN)CC2C)CCO1. The van der Waals surface area contributed by atoms with E-state index in [4.69, 9.17) is 10.5 Å². The normalized spacial score (nSPS) is 40.1. The number of likely N-dealkylation sites (tertiary alicyclic amines) is 1. The van der Waals surface area contributed by atoms with Gasteiger partial charge in [0, 0.05) is 25.2 Å². The Labute approximate surface area is 106 Å². The zero-order valence-electron chi connectivity index (χ0n) is 11.6. The van der Waals surface area contributed by atoms with Crippen LogP contribution >= 0.6 is 0 Å². The quantitative estimate of drug-likeness (QED) is 0.818. The molecule has 2 aliphatic heterocycles. The highest BCUT2D eigenvalue weighted by Gasteiger charge is 2.36. The molecule has 0 saturated carbocycles. The summed E-state index contributed by atoms with van der Waals surface area (Å²) < 4.78 is 5.87. The van der Waals surface area contributed by atoms with Gasteiger partial charge in [-0.15, -0.1) is 0 Å². The molecule has 3 heteroatoms. The maximum absolute atomic E-state index is 5.87. The van der Waals surface area contributed by atoms with Crippen molar-refractivity contribution in [1.29, 1.82) is 0 Å². The van der Waals surface area contributed by atoms with Crippen LogP contribution in [0.5, 0.6) is 0 Å². The molecule has 0 aromatic heterocycles. The van der Waals surface area contributed by atoms with Crippen molar-refractivity contribution in [1.82, 2.24) is 4.90 Å². The van der Waals surface area contributed by atoms with Gasteiger partial charge < -0.3 is 10.5 Å². The van der Waals surface area contributed by atoms with E-state index in [1.807, 2.05) is 0 Å². The van der Waals surface area contributed by atoms with Crippen LogP contribution in [0.25, 0.3) is 0 Å². The Hall–Kier alpha value is -0.120. The zero-order valence-corrected chi connectivity index (χ0v) is 11.6. The second-order valence-electron chi connectivity index (χ2n) is 6.21. The lowest BCUT2D eigenvalue weighted by molar-refractivity contribution is -0.0500. The molecule has 0 bridgehead atoms. The van der Waals surface area contributed by atoms with Gasteiger partial charge in [-0.05, 0) is 44.6 Å². The highest BCUT2D eigenvalue weighted by molar-refractivity contribution is 4.90. The van der Waals surface area contributed by atoms with E-state index in [0.29, 0.717) is 24.0 Å². The minimum atomic E-state index is 0.456. The lowest BCUT2D eigenvalue weighted by Crippen LogP contribution is -2.45. The van der Waals surface area contributed by atoms with Crippen molar-refractivity contribution in [2.75, 3.05) is 19.7 Å². The van der Waals surface area contributed by atoms with E-state index in [1.54, 1.807) is 0 Å². The van der Waals surface area contributed by atoms with E-state index in [2.05, 4.69) is 25.7 Å². The second kappa shape index (κ2) is 5.68. The van der Waals surface area contributed by atoms with E-state index in [1.165, 1.54) is 25.8 Å². The number of hydrogen-bond donors (Lipinski definition) is 1. The Bertz CT molecular complexity index is 244. The van der Waals surface area contributed by atoms with Crippen LogP contribution in [0, 0.1) is 11.8 Å². The Balaban J connectivity index is 1.93. The van der Waals surface area contributed by atoms with Crippen LogP contribution in [-0.2, 0) is 4.74 Å². The lowest BCUT2D eigenvalue weighted by Gasteiger charge is -2.39. The summed E-state index contributed by atoms with van der Waals surface area (Å²) in [5.41, 5.74) is 5.81. The summed E-state index contributed by atoms with van der Waals surface area (Å²) >= 11 is 0. The predicted octanol–water partition coefficient (Wildman–Crippen LogP) is 1.86. The maximum Gasteiger partial charge on any atom is 0.0612 e. The molecule has 4 atom stereocenters. The average Bonchev–Trinajstić information content (AvgIpc) is 2.71. The second-order valence-corrected chi connectivity index (χ2v) is 6.21. The largest absolute Gasteiger partial charge is 0.378 e. The minimum absolute atomic E-state index is 0.456. The van der Waals surface area contributed by atoms with Gasteiger partial charge in [-0.3, -0.25) is 4.90 Å². The fourth-order valence-electron chi connectivity index (χ4n) is 3.43. The van der Waals surface area contributed by atoms with Crippen molar-refractivity contribution in [3.8, 4) is 0 Å². The zero-order chi connectivity index (χ0) is 12.4. The summed E-state index contributed by atoms with van der Waals surface area (Å²) in [6, 6.07) is 1.43. The fraction of sp³-hybridized carbons (Fsp3) is 1.00. The standard InChI is InChI=1S/C14H28N2O/c1-10(2)14-7-13(4-5-17-14)16-9-12(8-15)6-11(16)3/h10-14H,4-9,15H2,1-3H3. The third kappa shape index (κ3) is 3.01. The Morgan fingerprint density at radius 3 is 2.71 bits per heavy atom. The Kier molecular flexibility index (Phi) is 4.45. The van der Waals surface area contributed by atoms with Gasteiger partial charge in [0.1, 0.15) is 0 Å². The fourth-order valence-corrected chi connectivity index (χ4v) is 3.43. The molecular weight excluding hydrogens is 212 g/mol. The summed E-state index contributed by atoms with van der Waals surface area (Å²) in [4.78, 5) is 2.69. The van der Waals surface area contributed by atoms with Gasteiger partial charge in [0.15, 0.2) is 0 Å². The minimum Gasteiger partial charge on any atom is -0.378 e. The maximum atomic E-state index is 5.87. The van der Waals surface area contributed by atoms with Crippen LogP contribution < -0.4 is 5.73 Å². The van der Waals surface area contributed by atoms with Gasteiger partial charge in [-0.1, -0.05) is 13.8 Å². The topological polar surface area (TPSA) is 38.5 Å². The molecule has 2 N–H and O–H groups in total. The van der Waals surface area contributed by atoms with Crippen molar-refractivity contribution < 1.29 is 4.74 Å². The summed E-state index contributed by atoms with van der Waals surface area (Å²) in [5.74, 6) is 1.35. The first-order valence-electron chi connectivity index (χ1n) is 7.19. The number of ether oxygens (including phenoxy) is 1. The first kappa shape index (κ1) is 13.3. The van der Waals surface area contributed by atoms with Crippen molar-refractivity contribution >= 4 is 0 Å². The molecule has 3 nitrogen and oxygen atoms in total. The van der Waals surface area contributed by atoms with Crippen molar-refractivity contribution in [2.24, 2.45) is 17.6 Å². The molecule has 100 valence electrons. The molecule has 2 saturated heterocycles. The first-order valence-corrected chi connectivity index (χ1v) is 7.19. The molecule has 2 heterocycles. The monoisotopic (exact) mass is 240 g/mol. The van der Waals surface area contributed by atoms with Crippen LogP contribution in [-0.4, -0.2) is 42.8 Å². The van der Waals surface area contributed by atoms with Crippen LogP contribution in [0.1, 0.15) is 40.0 Å². The van der Waals surface area contributed by atoms with Gasteiger partial charge in [0.05, 0.1) is 6.10 Å². The highest BCUT2D eigenvalue weighted by atomic mass is 16.5. The van der Waals surface area contributed by atoms with Gasteiger partial charge in [-0.25, -0.2) is 0 Å². The van der Waals surface area contributed by atoms with E-state index in [0.717, 1.165) is 19.2 Å². The molecule has 0 spiro atoms. The predicted molar refractivity (Wildman–Crippen MR) is 70.9 cm³/mol. The molecule has 2 rings (SSSR count). The molecule has 4 unspecified atom stereocenters. The number of nitrogens with two attached hydrogens (primary N) is 1. The average molecular weight is 240 g/mol. The molecule has 0 radical (unpaired) electrons. The summed E-state index contributed by atoms with van der Waals surface area (Å²) in [6.45, 7) is 9.87. The summed E-state index contributed by atoms with van der Waals surface area (Å²) in [5, 5.41) is 0. The van der Waals surface area contributed by atoms with Crippen LogP contribution in [0.2, 0.25) is 0 Å². The van der Waals surface area contributed by atoms with E-state index < -0.39 is 0 Å². The van der Waals surface area contributed by atoms with Gasteiger partial charge >= 0.3 is 0 Å². The van der Waals surface area contributed by atoms with Gasteiger partial charge in [0.25, 0.3) is 0 Å². The number of rotatable bonds is 3. The van der Waals surface area contributed by atoms with Crippen LogP contribution in [0.15, 0.2) is 0 Å². The number of nitrogens with zero attached hydrogens (tertiary/aromatic N) is 1. The molecule has 0 amide bonds. The smallest absolute Gasteiger partial charge is 0.0612 e. The van der Waals surface area contributed by atoms with E-state index in [9.17, 15) is 0 Å². The van der Waals surface area contributed by atoms with Crippen LogP contribution in [0.3, 0.4) is 0 Å². The third-order valence-corrected chi connectivity index (χ3v) is 4.54. The summed E-state index contributed by atoms with van der Waals surface area (Å²) in [6.07, 6.45) is 4.14. The molecule has 17 heavy (non-hydrogen) atoms. The molecule has 2 fully saturated rings. The third-order valence-electron chi connectivity index (χ3n) is 4.54. The van der Waals surface area contributed by atoms with Gasteiger partial charge in [0.2, 0.25) is 0 Å².